The summed E-state index contributed by atoms with van der Waals surface area (Å²) in [4.78, 5) is 0. The van der Waals surface area contributed by atoms with Crippen molar-refractivity contribution in [1.29, 1.82) is 0 Å². The Hall–Kier alpha value is -0.120. The molecule has 3 N–H and O–H groups in total. The maximum atomic E-state index is 9.95. The molecule has 0 spiro atoms. The van der Waals surface area contributed by atoms with Gasteiger partial charge < -0.3 is 10.4 Å². The van der Waals surface area contributed by atoms with Gasteiger partial charge in [-0.2, -0.15) is 0 Å². The van der Waals surface area contributed by atoms with Crippen molar-refractivity contribution in [3.63, 3.8) is 0 Å². The zero-order chi connectivity index (χ0) is 13.1. The number of hydrogen-bond acceptors (Lipinski definition) is 3. The molecule has 2 saturated carbocycles. The summed E-state index contributed by atoms with van der Waals surface area (Å²) >= 11 is 0. The molecule has 0 aromatic heterocycles. The zero-order valence-corrected chi connectivity index (χ0v) is 12.1. The van der Waals surface area contributed by atoms with Crippen LogP contribution in [0.5, 0.6) is 0 Å². The Labute approximate surface area is 117 Å². The standard InChI is InChI=1S/C16H30N2O/c19-14-11-17-15(12-7-3-1-4-8-12)16(18-14)13-9-5-2-6-10-13/h12-19H,1-11H2. The van der Waals surface area contributed by atoms with Gasteiger partial charge in [-0.25, -0.2) is 0 Å². The van der Waals surface area contributed by atoms with E-state index in [2.05, 4.69) is 10.6 Å². The van der Waals surface area contributed by atoms with Crippen LogP contribution in [-0.2, 0) is 0 Å². The first-order chi connectivity index (χ1) is 9.34. The zero-order valence-electron chi connectivity index (χ0n) is 12.1. The minimum atomic E-state index is -0.341. The number of piperazine rings is 1. The number of β-amino-alcohol motifs (C(OH)–C–C–N with tert-alkyl or cyclic N) is 1. The van der Waals surface area contributed by atoms with Crippen LogP contribution in [0, 0.1) is 11.8 Å². The minimum Gasteiger partial charge on any atom is -0.377 e. The van der Waals surface area contributed by atoms with Gasteiger partial charge in [0.25, 0.3) is 0 Å². The van der Waals surface area contributed by atoms with Crippen molar-refractivity contribution in [3.05, 3.63) is 0 Å². The van der Waals surface area contributed by atoms with Crippen LogP contribution in [-0.4, -0.2) is 30.0 Å². The maximum absolute atomic E-state index is 9.95. The fourth-order valence-electron chi connectivity index (χ4n) is 4.64. The van der Waals surface area contributed by atoms with Crippen LogP contribution in [0.4, 0.5) is 0 Å². The van der Waals surface area contributed by atoms with E-state index < -0.39 is 0 Å². The molecule has 0 bridgehead atoms. The average molecular weight is 266 g/mol. The topological polar surface area (TPSA) is 44.3 Å². The van der Waals surface area contributed by atoms with Crippen LogP contribution in [0.2, 0.25) is 0 Å². The number of rotatable bonds is 2. The number of hydrogen-bond donors (Lipinski definition) is 3. The molecule has 1 aliphatic heterocycles. The molecule has 3 fully saturated rings. The second-order valence-corrected chi connectivity index (χ2v) is 6.94. The van der Waals surface area contributed by atoms with Gasteiger partial charge in [0.1, 0.15) is 6.23 Å². The van der Waals surface area contributed by atoms with E-state index in [4.69, 9.17) is 0 Å². The Kier molecular flexibility index (Phi) is 4.78. The first-order valence-electron chi connectivity index (χ1n) is 8.52. The molecule has 3 heteroatoms. The monoisotopic (exact) mass is 266 g/mol. The smallest absolute Gasteiger partial charge is 0.117 e. The second kappa shape index (κ2) is 6.55. The molecular formula is C16H30N2O. The van der Waals surface area contributed by atoms with Gasteiger partial charge in [-0.15, -0.1) is 0 Å². The van der Waals surface area contributed by atoms with E-state index in [-0.39, 0.29) is 6.23 Å². The summed E-state index contributed by atoms with van der Waals surface area (Å²) in [5.41, 5.74) is 0. The third-order valence-corrected chi connectivity index (χ3v) is 5.63. The quantitative estimate of drug-likeness (QED) is 0.719. The molecule has 3 rings (SSSR count). The van der Waals surface area contributed by atoms with Gasteiger partial charge in [0.2, 0.25) is 0 Å². The Morgan fingerprint density at radius 3 is 1.79 bits per heavy atom. The van der Waals surface area contributed by atoms with Gasteiger partial charge in [0.05, 0.1) is 0 Å². The van der Waals surface area contributed by atoms with Crippen molar-refractivity contribution < 1.29 is 5.11 Å². The Morgan fingerprint density at radius 2 is 1.21 bits per heavy atom. The Balaban J connectivity index is 1.67. The third-order valence-electron chi connectivity index (χ3n) is 5.63. The van der Waals surface area contributed by atoms with E-state index in [9.17, 15) is 5.11 Å². The van der Waals surface area contributed by atoms with Crippen LogP contribution in [0.1, 0.15) is 64.2 Å². The highest BCUT2D eigenvalue weighted by molar-refractivity contribution is 4.97. The van der Waals surface area contributed by atoms with Crippen molar-refractivity contribution in [1.82, 2.24) is 10.6 Å². The summed E-state index contributed by atoms with van der Waals surface area (Å²) in [6.07, 6.45) is 13.6. The fourth-order valence-corrected chi connectivity index (χ4v) is 4.64. The molecule has 1 heterocycles. The molecule has 19 heavy (non-hydrogen) atoms. The van der Waals surface area contributed by atoms with E-state index in [1.54, 1.807) is 0 Å². The first kappa shape index (κ1) is 13.8. The Morgan fingerprint density at radius 1 is 0.684 bits per heavy atom. The predicted molar refractivity (Wildman–Crippen MR) is 77.9 cm³/mol. The van der Waals surface area contributed by atoms with Gasteiger partial charge in [-0.05, 0) is 37.5 Å². The van der Waals surface area contributed by atoms with Crippen LogP contribution < -0.4 is 10.6 Å². The summed E-state index contributed by atoms with van der Waals surface area (Å²) in [5.74, 6) is 1.61. The molecule has 110 valence electrons. The van der Waals surface area contributed by atoms with Crippen molar-refractivity contribution in [2.75, 3.05) is 6.54 Å². The van der Waals surface area contributed by atoms with Gasteiger partial charge in [0.15, 0.2) is 0 Å². The first-order valence-corrected chi connectivity index (χ1v) is 8.52. The predicted octanol–water partition coefficient (Wildman–Crippen LogP) is 2.40. The van der Waals surface area contributed by atoms with Crippen molar-refractivity contribution in [2.24, 2.45) is 11.8 Å². The van der Waals surface area contributed by atoms with E-state index in [1.165, 1.54) is 64.2 Å². The van der Waals surface area contributed by atoms with E-state index in [0.717, 1.165) is 18.4 Å². The second-order valence-electron chi connectivity index (χ2n) is 6.94. The van der Waals surface area contributed by atoms with Crippen LogP contribution in [0.3, 0.4) is 0 Å². The minimum absolute atomic E-state index is 0.341. The summed E-state index contributed by atoms with van der Waals surface area (Å²) in [5, 5.41) is 17.2. The molecule has 3 unspecified atom stereocenters. The van der Waals surface area contributed by atoms with Gasteiger partial charge >= 0.3 is 0 Å². The molecular weight excluding hydrogens is 236 g/mol. The van der Waals surface area contributed by atoms with Gasteiger partial charge in [-0.1, -0.05) is 38.5 Å². The summed E-state index contributed by atoms with van der Waals surface area (Å²) in [7, 11) is 0. The molecule has 3 aliphatic rings. The molecule has 3 atom stereocenters. The lowest BCUT2D eigenvalue weighted by molar-refractivity contribution is 0.0321. The average Bonchev–Trinajstić information content (AvgIpc) is 2.49. The van der Waals surface area contributed by atoms with Gasteiger partial charge in [0, 0.05) is 18.6 Å². The number of nitrogens with one attached hydrogen (secondary N) is 2. The van der Waals surface area contributed by atoms with Crippen LogP contribution in [0.25, 0.3) is 0 Å². The molecule has 0 aromatic rings. The maximum Gasteiger partial charge on any atom is 0.117 e. The molecule has 3 nitrogen and oxygen atoms in total. The number of aliphatic hydroxyl groups excluding tert-OH is 1. The van der Waals surface area contributed by atoms with Crippen LogP contribution in [0.15, 0.2) is 0 Å². The van der Waals surface area contributed by atoms with Crippen molar-refractivity contribution in [3.8, 4) is 0 Å². The lowest BCUT2D eigenvalue weighted by Gasteiger charge is -2.46. The summed E-state index contributed by atoms with van der Waals surface area (Å²) < 4.78 is 0. The molecule has 1 saturated heterocycles. The lowest BCUT2D eigenvalue weighted by atomic mass is 9.73. The van der Waals surface area contributed by atoms with Gasteiger partial charge in [-0.3, -0.25) is 5.32 Å². The van der Waals surface area contributed by atoms with E-state index in [0.29, 0.717) is 12.1 Å². The Bertz CT molecular complexity index is 272. The lowest BCUT2D eigenvalue weighted by Crippen LogP contribution is -2.65. The van der Waals surface area contributed by atoms with E-state index >= 15 is 0 Å². The molecule has 0 amide bonds. The molecule has 2 aliphatic carbocycles. The number of aliphatic hydroxyl groups is 1. The highest BCUT2D eigenvalue weighted by Crippen LogP contribution is 2.35. The van der Waals surface area contributed by atoms with Crippen molar-refractivity contribution >= 4 is 0 Å². The third kappa shape index (κ3) is 3.32. The highest BCUT2D eigenvalue weighted by Gasteiger charge is 2.39. The molecule has 0 radical (unpaired) electrons. The summed E-state index contributed by atoms with van der Waals surface area (Å²) in [6, 6.07) is 1.11. The van der Waals surface area contributed by atoms with Crippen molar-refractivity contribution in [2.45, 2.75) is 82.5 Å². The normalized spacial score (nSPS) is 39.3. The van der Waals surface area contributed by atoms with Crippen LogP contribution >= 0.6 is 0 Å². The summed E-state index contributed by atoms with van der Waals surface area (Å²) in [6.45, 7) is 0.727. The highest BCUT2D eigenvalue weighted by atomic mass is 16.3. The largest absolute Gasteiger partial charge is 0.377 e. The van der Waals surface area contributed by atoms with E-state index in [1.807, 2.05) is 0 Å². The fraction of sp³-hybridized carbons (Fsp3) is 1.00. The SMILES string of the molecule is OC1CNC(C2CCCCC2)C(C2CCCCC2)N1. The molecule has 0 aromatic carbocycles.